The molecule has 268 valence electrons. The van der Waals surface area contributed by atoms with Crippen LogP contribution in [-0.4, -0.2) is 0 Å². The van der Waals surface area contributed by atoms with Crippen LogP contribution < -0.4 is 4.90 Å². The van der Waals surface area contributed by atoms with Gasteiger partial charge in [-0.15, -0.1) is 0 Å². The van der Waals surface area contributed by atoms with Crippen LogP contribution in [0.5, 0.6) is 0 Å². The molecule has 0 aliphatic rings. The maximum absolute atomic E-state index is 2.40. The Balaban J connectivity index is 1.09. The molecule has 0 heterocycles. The van der Waals surface area contributed by atoms with Gasteiger partial charge in [-0.1, -0.05) is 200 Å². The van der Waals surface area contributed by atoms with Gasteiger partial charge in [0.05, 0.1) is 5.69 Å². The molecule has 0 unspecified atom stereocenters. The second kappa shape index (κ2) is 15.0. The first-order chi connectivity index (χ1) is 28.3. The lowest BCUT2D eigenvalue weighted by atomic mass is 9.93. The van der Waals surface area contributed by atoms with Gasteiger partial charge in [0.1, 0.15) is 0 Å². The summed E-state index contributed by atoms with van der Waals surface area (Å²) in [6.45, 7) is 0. The van der Waals surface area contributed by atoms with E-state index in [-0.39, 0.29) is 0 Å². The molecule has 0 fully saturated rings. The van der Waals surface area contributed by atoms with Gasteiger partial charge in [0, 0.05) is 16.9 Å². The van der Waals surface area contributed by atoms with Crippen molar-refractivity contribution in [1.82, 2.24) is 0 Å². The third-order valence-corrected chi connectivity index (χ3v) is 11.1. The van der Waals surface area contributed by atoms with Crippen molar-refractivity contribution in [3.8, 4) is 55.6 Å². The minimum absolute atomic E-state index is 1.09. The molecular formula is C56H39N. The van der Waals surface area contributed by atoms with E-state index >= 15 is 0 Å². The van der Waals surface area contributed by atoms with Crippen molar-refractivity contribution >= 4 is 38.6 Å². The molecule has 0 bridgehead atoms. The summed E-state index contributed by atoms with van der Waals surface area (Å²) in [7, 11) is 0. The van der Waals surface area contributed by atoms with Crippen molar-refractivity contribution in [2.45, 2.75) is 0 Å². The minimum atomic E-state index is 1.09. The molecule has 0 atom stereocenters. The molecule has 10 aromatic rings. The molecule has 0 amide bonds. The van der Waals surface area contributed by atoms with Gasteiger partial charge < -0.3 is 4.90 Å². The van der Waals surface area contributed by atoms with E-state index in [1.165, 1.54) is 77.2 Å². The highest BCUT2D eigenvalue weighted by molar-refractivity contribution is 6.13. The Kier molecular flexibility index (Phi) is 8.95. The standard InChI is InChI=1S/C56H39N/c1-3-15-40(16-4-1)41-27-29-44(30-28-41)52-23-13-14-26-56(52)57(47-35-31-43(32-36-47)50-21-10-9-20-49(50)42-17-5-2-6-18-42)48-37-33-45(34-38-48)55-39-46-19-7-8-22-51(46)53-24-11-12-25-54(53)55/h1-39H. The van der Waals surface area contributed by atoms with Crippen LogP contribution in [0.3, 0.4) is 0 Å². The third-order valence-electron chi connectivity index (χ3n) is 11.1. The minimum Gasteiger partial charge on any atom is -0.310 e. The Labute approximate surface area is 334 Å². The highest BCUT2D eigenvalue weighted by Gasteiger charge is 2.19. The monoisotopic (exact) mass is 725 g/mol. The van der Waals surface area contributed by atoms with Crippen molar-refractivity contribution in [3.05, 3.63) is 237 Å². The molecule has 0 saturated carbocycles. The fourth-order valence-electron chi connectivity index (χ4n) is 8.29. The second-order valence-electron chi connectivity index (χ2n) is 14.5. The quantitative estimate of drug-likeness (QED) is 0.141. The predicted molar refractivity (Wildman–Crippen MR) is 243 cm³/mol. The topological polar surface area (TPSA) is 3.24 Å². The lowest BCUT2D eigenvalue weighted by Crippen LogP contribution is -2.11. The van der Waals surface area contributed by atoms with Gasteiger partial charge in [-0.3, -0.25) is 0 Å². The summed E-state index contributed by atoms with van der Waals surface area (Å²) in [6.07, 6.45) is 0. The summed E-state index contributed by atoms with van der Waals surface area (Å²) in [4.78, 5) is 2.40. The van der Waals surface area contributed by atoms with Gasteiger partial charge >= 0.3 is 0 Å². The van der Waals surface area contributed by atoms with E-state index in [0.717, 1.165) is 17.1 Å². The first-order valence-electron chi connectivity index (χ1n) is 19.6. The first kappa shape index (κ1) is 34.0. The summed E-state index contributed by atoms with van der Waals surface area (Å²) in [5.74, 6) is 0. The molecule has 0 radical (unpaired) electrons. The van der Waals surface area contributed by atoms with E-state index in [4.69, 9.17) is 0 Å². The molecule has 0 N–H and O–H groups in total. The number of hydrogen-bond donors (Lipinski definition) is 0. The smallest absolute Gasteiger partial charge is 0.0540 e. The molecular weight excluding hydrogens is 687 g/mol. The molecule has 57 heavy (non-hydrogen) atoms. The number of fused-ring (bicyclic) bond motifs is 3. The third kappa shape index (κ3) is 6.56. The maximum atomic E-state index is 2.40. The summed E-state index contributed by atoms with van der Waals surface area (Å²) < 4.78 is 0. The summed E-state index contributed by atoms with van der Waals surface area (Å²) in [6, 6.07) is 85.5. The number of rotatable bonds is 8. The van der Waals surface area contributed by atoms with Gasteiger partial charge in [0.15, 0.2) is 0 Å². The molecule has 10 rings (SSSR count). The number of para-hydroxylation sites is 1. The largest absolute Gasteiger partial charge is 0.310 e. The van der Waals surface area contributed by atoms with E-state index in [1.807, 2.05) is 0 Å². The lowest BCUT2D eigenvalue weighted by molar-refractivity contribution is 1.28. The zero-order chi connectivity index (χ0) is 38.0. The van der Waals surface area contributed by atoms with E-state index in [9.17, 15) is 0 Å². The summed E-state index contributed by atoms with van der Waals surface area (Å²) >= 11 is 0. The molecule has 0 aromatic heterocycles. The number of hydrogen-bond acceptors (Lipinski definition) is 1. The van der Waals surface area contributed by atoms with Gasteiger partial charge in [0.2, 0.25) is 0 Å². The molecule has 1 nitrogen and oxygen atoms in total. The van der Waals surface area contributed by atoms with Crippen LogP contribution in [0.2, 0.25) is 0 Å². The fraction of sp³-hybridized carbons (Fsp3) is 0. The fourth-order valence-corrected chi connectivity index (χ4v) is 8.29. The van der Waals surface area contributed by atoms with Gasteiger partial charge in [-0.2, -0.15) is 0 Å². The van der Waals surface area contributed by atoms with E-state index in [2.05, 4.69) is 241 Å². The summed E-state index contributed by atoms with van der Waals surface area (Å²) in [5, 5.41) is 5.06. The van der Waals surface area contributed by atoms with Crippen LogP contribution >= 0.6 is 0 Å². The second-order valence-corrected chi connectivity index (χ2v) is 14.5. The molecule has 0 aliphatic carbocycles. The van der Waals surface area contributed by atoms with Crippen LogP contribution in [0, 0.1) is 0 Å². The van der Waals surface area contributed by atoms with Crippen LogP contribution in [0.25, 0.3) is 77.2 Å². The van der Waals surface area contributed by atoms with Crippen LogP contribution in [0.4, 0.5) is 17.1 Å². The van der Waals surface area contributed by atoms with Gasteiger partial charge in [0.25, 0.3) is 0 Å². The molecule has 0 saturated heterocycles. The normalized spacial score (nSPS) is 11.2. The highest BCUT2D eigenvalue weighted by Crippen LogP contribution is 2.43. The van der Waals surface area contributed by atoms with Gasteiger partial charge in [-0.25, -0.2) is 0 Å². The highest BCUT2D eigenvalue weighted by atomic mass is 15.1. The zero-order valence-corrected chi connectivity index (χ0v) is 31.5. The van der Waals surface area contributed by atoms with Crippen LogP contribution in [-0.2, 0) is 0 Å². The Hall–Kier alpha value is -7.48. The Morgan fingerprint density at radius 1 is 0.228 bits per heavy atom. The molecule has 10 aromatic carbocycles. The Bertz CT molecular complexity index is 2970. The van der Waals surface area contributed by atoms with Crippen molar-refractivity contribution < 1.29 is 0 Å². The Morgan fingerprint density at radius 3 is 1.25 bits per heavy atom. The number of anilines is 3. The lowest BCUT2D eigenvalue weighted by Gasteiger charge is -2.28. The van der Waals surface area contributed by atoms with Crippen molar-refractivity contribution in [2.75, 3.05) is 4.90 Å². The molecule has 0 spiro atoms. The number of nitrogens with zero attached hydrogens (tertiary/aromatic N) is 1. The van der Waals surface area contributed by atoms with E-state index in [0.29, 0.717) is 0 Å². The average Bonchev–Trinajstić information content (AvgIpc) is 3.30. The molecule has 1 heteroatoms. The van der Waals surface area contributed by atoms with Crippen LogP contribution in [0.15, 0.2) is 237 Å². The first-order valence-corrected chi connectivity index (χ1v) is 19.6. The summed E-state index contributed by atoms with van der Waals surface area (Å²) in [5.41, 5.74) is 15.3. The van der Waals surface area contributed by atoms with E-state index in [1.54, 1.807) is 0 Å². The Morgan fingerprint density at radius 2 is 0.614 bits per heavy atom. The average molecular weight is 726 g/mol. The molecule has 0 aliphatic heterocycles. The van der Waals surface area contributed by atoms with Crippen molar-refractivity contribution in [3.63, 3.8) is 0 Å². The zero-order valence-electron chi connectivity index (χ0n) is 31.5. The van der Waals surface area contributed by atoms with E-state index < -0.39 is 0 Å². The predicted octanol–water partition coefficient (Wildman–Crippen LogP) is 15.8. The number of benzene rings is 10. The SMILES string of the molecule is c1ccc(-c2ccc(-c3ccccc3N(c3ccc(-c4ccccc4-c4ccccc4)cc3)c3ccc(-c4cc5ccccc5c5ccccc45)cc3)cc2)cc1. The maximum Gasteiger partial charge on any atom is 0.0540 e. The van der Waals surface area contributed by atoms with Crippen molar-refractivity contribution in [1.29, 1.82) is 0 Å². The van der Waals surface area contributed by atoms with Gasteiger partial charge in [-0.05, 0) is 108 Å². The van der Waals surface area contributed by atoms with Crippen LogP contribution in [0.1, 0.15) is 0 Å². The van der Waals surface area contributed by atoms with Crippen molar-refractivity contribution in [2.24, 2.45) is 0 Å².